The van der Waals surface area contributed by atoms with E-state index in [2.05, 4.69) is 10.6 Å². The summed E-state index contributed by atoms with van der Waals surface area (Å²) in [7, 11) is 3.44. The number of nitriles is 1. The first-order valence-corrected chi connectivity index (χ1v) is 11.5. The van der Waals surface area contributed by atoms with Gasteiger partial charge in [-0.05, 0) is 39.1 Å². The van der Waals surface area contributed by atoms with Gasteiger partial charge in [-0.2, -0.15) is 5.26 Å². The van der Waals surface area contributed by atoms with Crippen LogP contribution in [0.4, 0.5) is 11.4 Å². The predicted octanol–water partition coefficient (Wildman–Crippen LogP) is 0.534. The Bertz CT molecular complexity index is 1230. The van der Waals surface area contributed by atoms with E-state index in [0.717, 1.165) is 11.3 Å². The fourth-order valence-electron chi connectivity index (χ4n) is 2.98. The molecule has 1 aromatic heterocycles. The van der Waals surface area contributed by atoms with Gasteiger partial charge in [-0.25, -0.2) is 4.79 Å². The van der Waals surface area contributed by atoms with E-state index in [1.165, 1.54) is 10.8 Å². The molecule has 0 saturated heterocycles. The van der Waals surface area contributed by atoms with E-state index in [1.807, 2.05) is 18.0 Å². The van der Waals surface area contributed by atoms with E-state index in [9.17, 15) is 19.6 Å². The fourth-order valence-corrected chi connectivity index (χ4v) is 4.06. The zero-order valence-corrected chi connectivity index (χ0v) is 20.5. The van der Waals surface area contributed by atoms with Gasteiger partial charge >= 0.3 is 5.97 Å². The number of hydrogen-bond donors (Lipinski definition) is 2. The molecule has 0 aliphatic heterocycles. The molecule has 34 heavy (non-hydrogen) atoms. The van der Waals surface area contributed by atoms with Crippen LogP contribution in [0, 0.1) is 11.3 Å². The van der Waals surface area contributed by atoms with Crippen LogP contribution in [0.1, 0.15) is 13.8 Å². The molecule has 2 N–H and O–H groups in total. The van der Waals surface area contributed by atoms with E-state index < -0.39 is 5.97 Å². The van der Waals surface area contributed by atoms with Gasteiger partial charge in [0, 0.05) is 37.8 Å². The van der Waals surface area contributed by atoms with Crippen molar-refractivity contribution in [2.24, 2.45) is 0 Å². The van der Waals surface area contributed by atoms with Crippen LogP contribution in [0.5, 0.6) is 0 Å². The highest BCUT2D eigenvalue weighted by molar-refractivity contribution is 7.07. The highest BCUT2D eigenvalue weighted by Crippen LogP contribution is 2.15. The second-order valence-electron chi connectivity index (χ2n) is 7.18. The Hall–Kier alpha value is -3.46. The molecular formula is C23H29N5O5S. The summed E-state index contributed by atoms with van der Waals surface area (Å²) in [6.07, 6.45) is 1.52. The molecule has 1 aromatic carbocycles. The van der Waals surface area contributed by atoms with Crippen LogP contribution in [0.3, 0.4) is 0 Å². The first kappa shape index (κ1) is 26.8. The zero-order valence-electron chi connectivity index (χ0n) is 19.7. The van der Waals surface area contributed by atoms with Gasteiger partial charge < -0.3 is 20.1 Å². The number of nitrogens with zero attached hydrogens (tertiary/aromatic N) is 3. The average molecular weight is 488 g/mol. The highest BCUT2D eigenvalue weighted by Gasteiger charge is 2.16. The molecule has 11 heteroatoms. The van der Waals surface area contributed by atoms with Crippen LogP contribution in [-0.4, -0.2) is 61.8 Å². The smallest absolute Gasteiger partial charge is 0.351 e. The fraction of sp³-hybridized carbons (Fsp3) is 0.391. The summed E-state index contributed by atoms with van der Waals surface area (Å²) in [6.45, 7) is 5.23. The summed E-state index contributed by atoms with van der Waals surface area (Å²) in [4.78, 5) is 39.0. The quantitative estimate of drug-likeness (QED) is 0.440. The van der Waals surface area contributed by atoms with Gasteiger partial charge in [0.05, 0.1) is 19.8 Å². The number of anilines is 2. The largest absolute Gasteiger partial charge is 0.462 e. The first-order valence-electron chi connectivity index (χ1n) is 10.7. The number of carbonyl (C=O) groups is 2. The minimum absolute atomic E-state index is 0.128. The molecule has 1 heterocycles. The number of rotatable bonds is 11. The number of hydrogen-bond acceptors (Lipinski definition) is 9. The molecule has 0 atom stereocenters. The van der Waals surface area contributed by atoms with E-state index in [4.69, 9.17) is 9.47 Å². The minimum atomic E-state index is -0.760. The van der Waals surface area contributed by atoms with Crippen molar-refractivity contribution in [1.82, 2.24) is 9.47 Å². The molecule has 0 radical (unpaired) electrons. The summed E-state index contributed by atoms with van der Waals surface area (Å²) in [5, 5.41) is 15.3. The minimum Gasteiger partial charge on any atom is -0.462 e. The number of esters is 1. The van der Waals surface area contributed by atoms with Crippen molar-refractivity contribution < 1.29 is 19.1 Å². The molecule has 2 aromatic rings. The normalized spacial score (nSPS) is 12.3. The van der Waals surface area contributed by atoms with Gasteiger partial charge in [0.2, 0.25) is 5.91 Å². The van der Waals surface area contributed by atoms with Crippen LogP contribution >= 0.6 is 11.3 Å². The number of nitrogens with one attached hydrogen (secondary N) is 2. The van der Waals surface area contributed by atoms with Gasteiger partial charge in [0.25, 0.3) is 5.56 Å². The van der Waals surface area contributed by atoms with Crippen molar-refractivity contribution in [2.75, 3.05) is 51.1 Å². The summed E-state index contributed by atoms with van der Waals surface area (Å²) < 4.78 is 11.9. The first-order chi connectivity index (χ1) is 16.3. The van der Waals surface area contributed by atoms with Crippen molar-refractivity contribution in [1.29, 1.82) is 5.26 Å². The topological polar surface area (TPSA) is 126 Å². The van der Waals surface area contributed by atoms with Crippen molar-refractivity contribution in [3.8, 4) is 6.07 Å². The van der Waals surface area contributed by atoms with Gasteiger partial charge in [0.1, 0.15) is 15.3 Å². The number of benzene rings is 1. The van der Waals surface area contributed by atoms with Crippen molar-refractivity contribution in [3.05, 3.63) is 43.8 Å². The summed E-state index contributed by atoms with van der Waals surface area (Å²) in [5.74, 6) is -0.920. The van der Waals surface area contributed by atoms with Crippen LogP contribution in [-0.2, 0) is 25.6 Å². The standard InChI is InChI=1S/C23H29N5O5S/c1-5-28-21(30)19(34-22(28)18(13-24)23(31)33-6-2)14-25-16-8-7-9-17(12-16)26-20(29)15-27(3)10-11-32-4/h7-9,12,14,25H,5-6,10-11,15H2,1-4H3,(H,26,29)/b19-14+,22-18-. The molecule has 1 amide bonds. The Morgan fingerprint density at radius 2 is 2.03 bits per heavy atom. The number of carbonyl (C=O) groups excluding carboxylic acids is 2. The summed E-state index contributed by atoms with van der Waals surface area (Å²) in [6, 6.07) is 8.91. The lowest BCUT2D eigenvalue weighted by Gasteiger charge is -2.15. The monoisotopic (exact) mass is 487 g/mol. The lowest BCUT2D eigenvalue weighted by molar-refractivity contribution is -0.136. The molecule has 0 spiro atoms. The van der Waals surface area contributed by atoms with Crippen LogP contribution < -0.4 is 25.4 Å². The predicted molar refractivity (Wildman–Crippen MR) is 132 cm³/mol. The summed E-state index contributed by atoms with van der Waals surface area (Å²) in [5.41, 5.74) is 0.725. The molecular weight excluding hydrogens is 458 g/mol. The van der Waals surface area contributed by atoms with Gasteiger partial charge in [0.15, 0.2) is 5.57 Å². The Morgan fingerprint density at radius 1 is 1.29 bits per heavy atom. The number of thiazole rings is 1. The van der Waals surface area contributed by atoms with E-state index in [0.29, 0.717) is 35.6 Å². The lowest BCUT2D eigenvalue weighted by atomic mass is 10.2. The molecule has 0 bridgehead atoms. The molecule has 182 valence electrons. The van der Waals surface area contributed by atoms with Crippen molar-refractivity contribution in [3.63, 3.8) is 0 Å². The Balaban J connectivity index is 2.26. The van der Waals surface area contributed by atoms with E-state index >= 15 is 0 Å². The number of ether oxygens (including phenoxy) is 2. The van der Waals surface area contributed by atoms with Crippen LogP contribution in [0.2, 0.25) is 0 Å². The Morgan fingerprint density at radius 3 is 2.68 bits per heavy atom. The third-order valence-electron chi connectivity index (χ3n) is 4.64. The van der Waals surface area contributed by atoms with E-state index in [-0.39, 0.29) is 34.9 Å². The summed E-state index contributed by atoms with van der Waals surface area (Å²) >= 11 is 1.03. The molecule has 0 aliphatic rings. The van der Waals surface area contributed by atoms with E-state index in [1.54, 1.807) is 45.2 Å². The SMILES string of the molecule is CCOC(=O)/C(C#N)=c1\s/c(=C/Nc2cccc(NC(=O)CN(C)CCOC)c2)c(=O)n1CC. The second-order valence-corrected chi connectivity index (χ2v) is 8.21. The van der Waals surface area contributed by atoms with Gasteiger partial charge in [-0.1, -0.05) is 6.07 Å². The van der Waals surface area contributed by atoms with Crippen LogP contribution in [0.15, 0.2) is 29.1 Å². The zero-order chi connectivity index (χ0) is 25.1. The molecule has 2 rings (SSSR count). The molecule has 0 saturated carbocycles. The average Bonchev–Trinajstić information content (AvgIpc) is 3.12. The molecule has 0 aliphatic carbocycles. The number of aromatic nitrogens is 1. The number of methoxy groups -OCH3 is 1. The third-order valence-corrected chi connectivity index (χ3v) is 5.77. The maximum Gasteiger partial charge on any atom is 0.351 e. The number of likely N-dealkylation sites (N-methyl/N-ethyl adjacent to an activating group) is 1. The van der Waals surface area contributed by atoms with Crippen LogP contribution in [0.25, 0.3) is 11.8 Å². The second kappa shape index (κ2) is 13.3. The number of amides is 1. The molecule has 10 nitrogen and oxygen atoms in total. The van der Waals surface area contributed by atoms with Gasteiger partial charge in [-0.3, -0.25) is 19.1 Å². The Labute approximate surface area is 201 Å². The molecule has 0 fully saturated rings. The Kier molecular flexibility index (Phi) is 10.5. The van der Waals surface area contributed by atoms with Crippen molar-refractivity contribution >= 4 is 46.4 Å². The highest BCUT2D eigenvalue weighted by atomic mass is 32.1. The van der Waals surface area contributed by atoms with Gasteiger partial charge in [-0.15, -0.1) is 11.3 Å². The maximum atomic E-state index is 12.8. The maximum absolute atomic E-state index is 12.8. The lowest BCUT2D eigenvalue weighted by Crippen LogP contribution is -2.32. The van der Waals surface area contributed by atoms with Crippen molar-refractivity contribution in [2.45, 2.75) is 20.4 Å². The molecule has 0 unspecified atom stereocenters. The third kappa shape index (κ3) is 7.28.